The molecule has 4 rings (SSSR count). The molecule has 2 aromatic carbocycles. The third-order valence-electron chi connectivity index (χ3n) is 4.81. The van der Waals surface area contributed by atoms with Crippen LogP contribution >= 0.6 is 23.2 Å². The van der Waals surface area contributed by atoms with Gasteiger partial charge in [0.1, 0.15) is 6.07 Å². The fourth-order valence-corrected chi connectivity index (χ4v) is 4.30. The van der Waals surface area contributed by atoms with E-state index >= 15 is 0 Å². The van der Waals surface area contributed by atoms with Crippen molar-refractivity contribution in [2.45, 2.75) is 18.4 Å². The van der Waals surface area contributed by atoms with Gasteiger partial charge < -0.3 is 5.32 Å². The summed E-state index contributed by atoms with van der Waals surface area (Å²) in [4.78, 5) is 0. The third-order valence-corrected chi connectivity index (χ3v) is 5.38. The van der Waals surface area contributed by atoms with E-state index < -0.39 is 0 Å². The smallest absolute Gasteiger partial charge is 0.101 e. The van der Waals surface area contributed by atoms with E-state index in [0.29, 0.717) is 27.4 Å². The first-order chi connectivity index (χ1) is 11.2. The van der Waals surface area contributed by atoms with Crippen LogP contribution in [-0.2, 0) is 0 Å². The molecule has 0 saturated heterocycles. The van der Waals surface area contributed by atoms with Gasteiger partial charge in [-0.15, -0.1) is 0 Å². The number of allylic oxidation sites excluding steroid dienone is 2. The molecule has 1 heterocycles. The first-order valence-corrected chi connectivity index (χ1v) is 8.36. The Labute approximate surface area is 145 Å². The number of nitrogens with one attached hydrogen (secondary N) is 1. The molecule has 0 bridgehead atoms. The van der Waals surface area contributed by atoms with Crippen LogP contribution in [0.2, 0.25) is 10.0 Å². The summed E-state index contributed by atoms with van der Waals surface area (Å²) in [5, 5.41) is 14.3. The maximum Gasteiger partial charge on any atom is 0.101 e. The summed E-state index contributed by atoms with van der Waals surface area (Å²) in [6.45, 7) is 0. The second-order valence-electron chi connectivity index (χ2n) is 6.02. The molecule has 0 fully saturated rings. The van der Waals surface area contributed by atoms with E-state index in [1.165, 1.54) is 5.56 Å². The van der Waals surface area contributed by atoms with E-state index in [-0.39, 0.29) is 6.04 Å². The molecule has 3 atom stereocenters. The lowest BCUT2D eigenvalue weighted by Gasteiger charge is -2.38. The van der Waals surface area contributed by atoms with Gasteiger partial charge in [0.2, 0.25) is 0 Å². The summed E-state index contributed by atoms with van der Waals surface area (Å²) in [6.07, 6.45) is 5.47. The highest BCUT2D eigenvalue weighted by Gasteiger charge is 2.39. The quantitative estimate of drug-likeness (QED) is 0.676. The topological polar surface area (TPSA) is 35.8 Å². The fraction of sp³-hybridized carbons (Fsp3) is 0.211. The monoisotopic (exact) mass is 340 g/mol. The summed E-state index contributed by atoms with van der Waals surface area (Å²) >= 11 is 12.5. The zero-order chi connectivity index (χ0) is 16.0. The molecule has 1 aliphatic carbocycles. The van der Waals surface area contributed by atoms with E-state index in [4.69, 9.17) is 23.2 Å². The van der Waals surface area contributed by atoms with Crippen LogP contribution in [-0.4, -0.2) is 0 Å². The molecule has 23 heavy (non-hydrogen) atoms. The van der Waals surface area contributed by atoms with Crippen LogP contribution in [0.3, 0.4) is 0 Å². The van der Waals surface area contributed by atoms with E-state index in [1.54, 1.807) is 6.07 Å². The summed E-state index contributed by atoms with van der Waals surface area (Å²) in [5.41, 5.74) is 3.84. The molecule has 114 valence electrons. The maximum absolute atomic E-state index is 9.43. The average Bonchev–Trinajstić information content (AvgIpc) is 3.04. The summed E-state index contributed by atoms with van der Waals surface area (Å²) in [5.74, 6) is 0.714. The lowest BCUT2D eigenvalue weighted by Crippen LogP contribution is -2.29. The average molecular weight is 341 g/mol. The first kappa shape index (κ1) is 14.6. The van der Waals surface area contributed by atoms with E-state index in [1.807, 2.05) is 24.3 Å². The maximum atomic E-state index is 9.43. The number of para-hydroxylation sites is 1. The Morgan fingerprint density at radius 2 is 2.00 bits per heavy atom. The molecule has 1 aliphatic heterocycles. The van der Waals surface area contributed by atoms with Gasteiger partial charge in [-0.2, -0.15) is 5.26 Å². The number of anilines is 1. The highest BCUT2D eigenvalue weighted by Crippen LogP contribution is 2.51. The van der Waals surface area contributed by atoms with Crippen molar-refractivity contribution in [1.82, 2.24) is 0 Å². The lowest BCUT2D eigenvalue weighted by atomic mass is 9.76. The molecule has 0 saturated carbocycles. The lowest BCUT2D eigenvalue weighted by molar-refractivity contribution is 0.425. The van der Waals surface area contributed by atoms with Crippen LogP contribution in [0.5, 0.6) is 0 Å². The van der Waals surface area contributed by atoms with Gasteiger partial charge in [-0.25, -0.2) is 0 Å². The van der Waals surface area contributed by atoms with Crippen molar-refractivity contribution in [2.75, 3.05) is 5.32 Å². The standard InChI is InChI=1S/C19H14Cl2N2/c20-12-7-8-16(17(21)9-12)19-15-6-2-4-13(15)14-5-1-3-11(10-22)18(14)23-19/h1-5,7-9,13,15,19,23H,6H2. The number of hydrogen-bond acceptors (Lipinski definition) is 2. The molecule has 0 aromatic heterocycles. The van der Waals surface area contributed by atoms with Gasteiger partial charge >= 0.3 is 0 Å². The van der Waals surface area contributed by atoms with Gasteiger partial charge in [-0.3, -0.25) is 0 Å². The van der Waals surface area contributed by atoms with E-state index in [0.717, 1.165) is 17.7 Å². The van der Waals surface area contributed by atoms with E-state index in [2.05, 4.69) is 29.6 Å². The molecular formula is C19H14Cl2N2. The summed E-state index contributed by atoms with van der Waals surface area (Å²) in [6, 6.07) is 13.9. The molecule has 4 heteroatoms. The molecule has 0 radical (unpaired) electrons. The first-order valence-electron chi connectivity index (χ1n) is 7.60. The van der Waals surface area contributed by atoms with Gasteiger partial charge in [0.05, 0.1) is 17.3 Å². The molecule has 2 aromatic rings. The predicted octanol–water partition coefficient (Wildman–Crippen LogP) is 5.69. The number of nitriles is 1. The zero-order valence-corrected chi connectivity index (χ0v) is 13.8. The van der Waals surface area contributed by atoms with E-state index in [9.17, 15) is 5.26 Å². The molecular weight excluding hydrogens is 327 g/mol. The van der Waals surface area contributed by atoms with Crippen molar-refractivity contribution in [3.8, 4) is 6.07 Å². The van der Waals surface area contributed by atoms with Crippen molar-refractivity contribution in [2.24, 2.45) is 5.92 Å². The summed E-state index contributed by atoms with van der Waals surface area (Å²) < 4.78 is 0. The second kappa shape index (κ2) is 5.60. The van der Waals surface area contributed by atoms with Crippen molar-refractivity contribution in [3.05, 3.63) is 75.3 Å². The van der Waals surface area contributed by atoms with Gasteiger partial charge in [-0.1, -0.05) is 53.6 Å². The Morgan fingerprint density at radius 3 is 2.78 bits per heavy atom. The highest BCUT2D eigenvalue weighted by atomic mass is 35.5. The van der Waals surface area contributed by atoms with Crippen LogP contribution in [0.4, 0.5) is 5.69 Å². The highest BCUT2D eigenvalue weighted by molar-refractivity contribution is 6.35. The second-order valence-corrected chi connectivity index (χ2v) is 6.87. The number of fused-ring (bicyclic) bond motifs is 3. The number of nitrogens with zero attached hydrogens (tertiary/aromatic N) is 1. The fourth-order valence-electron chi connectivity index (χ4n) is 3.78. The Hall–Kier alpha value is -1.95. The van der Waals surface area contributed by atoms with Crippen molar-refractivity contribution in [1.29, 1.82) is 5.26 Å². The minimum absolute atomic E-state index is 0.0711. The number of rotatable bonds is 1. The molecule has 0 amide bonds. The van der Waals surface area contributed by atoms with Crippen molar-refractivity contribution in [3.63, 3.8) is 0 Å². The molecule has 2 aliphatic rings. The number of halogens is 2. The SMILES string of the molecule is N#Cc1cccc2c1NC(c1ccc(Cl)cc1Cl)C1CC=CC21. The normalized spacial score (nSPS) is 24.5. The number of benzene rings is 2. The van der Waals surface area contributed by atoms with Gasteiger partial charge in [-0.05, 0) is 41.7 Å². The van der Waals surface area contributed by atoms with Gasteiger partial charge in [0, 0.05) is 16.0 Å². The molecule has 1 N–H and O–H groups in total. The molecule has 2 nitrogen and oxygen atoms in total. The third kappa shape index (κ3) is 2.32. The predicted molar refractivity (Wildman–Crippen MR) is 94.0 cm³/mol. The van der Waals surface area contributed by atoms with Crippen LogP contribution in [0.1, 0.15) is 35.1 Å². The van der Waals surface area contributed by atoms with Crippen LogP contribution < -0.4 is 5.32 Å². The molecule has 0 spiro atoms. The van der Waals surface area contributed by atoms with Crippen molar-refractivity contribution >= 4 is 28.9 Å². The van der Waals surface area contributed by atoms with Gasteiger partial charge in [0.25, 0.3) is 0 Å². The molecule has 3 unspecified atom stereocenters. The summed E-state index contributed by atoms with van der Waals surface area (Å²) in [7, 11) is 0. The van der Waals surface area contributed by atoms with Crippen LogP contribution in [0.25, 0.3) is 0 Å². The van der Waals surface area contributed by atoms with Crippen molar-refractivity contribution < 1.29 is 0 Å². The van der Waals surface area contributed by atoms with Crippen LogP contribution in [0.15, 0.2) is 48.6 Å². The minimum atomic E-state index is 0.0711. The largest absolute Gasteiger partial charge is 0.377 e. The number of hydrogen-bond donors (Lipinski definition) is 1. The Bertz CT molecular complexity index is 851. The Balaban J connectivity index is 1.86. The zero-order valence-electron chi connectivity index (χ0n) is 12.3. The Morgan fingerprint density at radius 1 is 1.13 bits per heavy atom. The van der Waals surface area contributed by atoms with Crippen LogP contribution in [0, 0.1) is 17.2 Å². The van der Waals surface area contributed by atoms with Gasteiger partial charge in [0.15, 0.2) is 0 Å². The Kier molecular flexibility index (Phi) is 3.56. The minimum Gasteiger partial charge on any atom is -0.377 e.